The highest BCUT2D eigenvalue weighted by Gasteiger charge is 2.20. The van der Waals surface area contributed by atoms with E-state index in [1.807, 2.05) is 39.0 Å². The number of ether oxygens (including phenoxy) is 3. The molecule has 4 nitrogen and oxygen atoms in total. The number of hydrogen-bond acceptors (Lipinski definition) is 4. The van der Waals surface area contributed by atoms with Gasteiger partial charge in [0.05, 0.1) is 12.1 Å². The summed E-state index contributed by atoms with van der Waals surface area (Å²) in [7, 11) is 3.29. The Kier molecular flexibility index (Phi) is 6.99. The number of benzene rings is 1. The van der Waals surface area contributed by atoms with Crippen molar-refractivity contribution in [1.29, 1.82) is 0 Å². The molecule has 0 aliphatic carbocycles. The Labute approximate surface area is 122 Å². The summed E-state index contributed by atoms with van der Waals surface area (Å²) < 4.78 is 16.4. The van der Waals surface area contributed by atoms with Crippen LogP contribution in [0.4, 0.5) is 0 Å². The number of hydrogen-bond donors (Lipinski definition) is 1. The SMILES string of the molecule is COC(OC)C(C)NC(C)c1ccccc1OC(C)C. The fourth-order valence-electron chi connectivity index (χ4n) is 2.27. The fourth-order valence-corrected chi connectivity index (χ4v) is 2.27. The second-order valence-electron chi connectivity index (χ2n) is 5.22. The summed E-state index contributed by atoms with van der Waals surface area (Å²) >= 11 is 0. The van der Waals surface area contributed by atoms with Crippen LogP contribution in [0.5, 0.6) is 5.75 Å². The van der Waals surface area contributed by atoms with Crippen molar-refractivity contribution in [2.75, 3.05) is 14.2 Å². The number of nitrogens with one attached hydrogen (secondary N) is 1. The maximum absolute atomic E-state index is 5.86. The highest BCUT2D eigenvalue weighted by molar-refractivity contribution is 5.35. The van der Waals surface area contributed by atoms with Crippen LogP contribution >= 0.6 is 0 Å². The zero-order valence-electron chi connectivity index (χ0n) is 13.3. The molecule has 0 aliphatic rings. The van der Waals surface area contributed by atoms with E-state index >= 15 is 0 Å². The summed E-state index contributed by atoms with van der Waals surface area (Å²) in [5.41, 5.74) is 1.14. The predicted octanol–water partition coefficient (Wildman–Crippen LogP) is 3.13. The van der Waals surface area contributed by atoms with Crippen molar-refractivity contribution >= 4 is 0 Å². The van der Waals surface area contributed by atoms with Crippen LogP contribution in [0, 0.1) is 0 Å². The van der Waals surface area contributed by atoms with Crippen molar-refractivity contribution in [2.45, 2.75) is 52.2 Å². The minimum absolute atomic E-state index is 0.0760. The Morgan fingerprint density at radius 2 is 1.55 bits per heavy atom. The van der Waals surface area contributed by atoms with Gasteiger partial charge in [0.25, 0.3) is 0 Å². The van der Waals surface area contributed by atoms with Gasteiger partial charge in [-0.15, -0.1) is 0 Å². The third kappa shape index (κ3) is 4.78. The van der Waals surface area contributed by atoms with Gasteiger partial charge >= 0.3 is 0 Å². The second-order valence-corrected chi connectivity index (χ2v) is 5.22. The first kappa shape index (κ1) is 17.0. The van der Waals surface area contributed by atoms with Crippen LogP contribution in [0.2, 0.25) is 0 Å². The van der Waals surface area contributed by atoms with Crippen LogP contribution in [-0.4, -0.2) is 32.7 Å². The average Bonchev–Trinajstić information content (AvgIpc) is 2.39. The van der Waals surface area contributed by atoms with E-state index in [0.717, 1.165) is 11.3 Å². The number of rotatable bonds is 8. The number of methoxy groups -OCH3 is 2. The van der Waals surface area contributed by atoms with Crippen molar-refractivity contribution in [3.05, 3.63) is 29.8 Å². The molecule has 0 aromatic heterocycles. The molecule has 1 rings (SSSR count). The minimum atomic E-state index is -0.268. The Balaban J connectivity index is 2.78. The average molecular weight is 281 g/mol. The van der Waals surface area contributed by atoms with Crippen LogP contribution in [0.1, 0.15) is 39.3 Å². The van der Waals surface area contributed by atoms with E-state index in [-0.39, 0.29) is 24.5 Å². The second kappa shape index (κ2) is 8.25. The van der Waals surface area contributed by atoms with Crippen molar-refractivity contribution in [3.8, 4) is 5.75 Å². The third-order valence-electron chi connectivity index (χ3n) is 3.13. The van der Waals surface area contributed by atoms with Gasteiger partial charge in [0.1, 0.15) is 5.75 Å². The topological polar surface area (TPSA) is 39.7 Å². The highest BCUT2D eigenvalue weighted by Crippen LogP contribution is 2.26. The molecular weight excluding hydrogens is 254 g/mol. The smallest absolute Gasteiger partial charge is 0.171 e. The van der Waals surface area contributed by atoms with Gasteiger partial charge in [-0.25, -0.2) is 0 Å². The van der Waals surface area contributed by atoms with Gasteiger partial charge in [-0.1, -0.05) is 18.2 Å². The zero-order valence-corrected chi connectivity index (χ0v) is 13.3. The monoisotopic (exact) mass is 281 g/mol. The molecule has 0 bridgehead atoms. The lowest BCUT2D eigenvalue weighted by Crippen LogP contribution is -2.41. The summed E-state index contributed by atoms with van der Waals surface area (Å²) in [5.74, 6) is 0.918. The van der Waals surface area contributed by atoms with E-state index in [1.54, 1.807) is 14.2 Å². The standard InChI is InChI=1S/C16H27NO3/c1-11(2)20-15-10-8-7-9-14(15)12(3)17-13(4)16(18-5)19-6/h7-13,16-17H,1-6H3. The first-order valence-corrected chi connectivity index (χ1v) is 7.06. The van der Waals surface area contributed by atoms with E-state index in [0.29, 0.717) is 0 Å². The van der Waals surface area contributed by atoms with Crippen LogP contribution < -0.4 is 10.1 Å². The normalized spacial score (nSPS) is 14.6. The van der Waals surface area contributed by atoms with Gasteiger partial charge in [0.2, 0.25) is 0 Å². The first-order chi connectivity index (χ1) is 9.49. The van der Waals surface area contributed by atoms with Crippen molar-refractivity contribution in [3.63, 3.8) is 0 Å². The molecule has 114 valence electrons. The van der Waals surface area contributed by atoms with Gasteiger partial charge in [0.15, 0.2) is 6.29 Å². The largest absolute Gasteiger partial charge is 0.491 e. The third-order valence-corrected chi connectivity index (χ3v) is 3.13. The summed E-state index contributed by atoms with van der Waals surface area (Å²) in [6, 6.07) is 8.32. The van der Waals surface area contributed by atoms with Crippen LogP contribution in [-0.2, 0) is 9.47 Å². The maximum Gasteiger partial charge on any atom is 0.171 e. The molecule has 4 heteroatoms. The van der Waals surface area contributed by atoms with E-state index in [2.05, 4.69) is 18.3 Å². The van der Waals surface area contributed by atoms with Crippen molar-refractivity contribution < 1.29 is 14.2 Å². The van der Waals surface area contributed by atoms with Crippen LogP contribution in [0.25, 0.3) is 0 Å². The van der Waals surface area contributed by atoms with Crippen LogP contribution in [0.3, 0.4) is 0 Å². The van der Waals surface area contributed by atoms with E-state index < -0.39 is 0 Å². The molecule has 0 amide bonds. The Morgan fingerprint density at radius 1 is 0.950 bits per heavy atom. The summed E-state index contributed by atoms with van der Waals surface area (Å²) in [5, 5.41) is 3.48. The van der Waals surface area contributed by atoms with Crippen LogP contribution in [0.15, 0.2) is 24.3 Å². The maximum atomic E-state index is 5.86. The first-order valence-electron chi connectivity index (χ1n) is 7.06. The van der Waals surface area contributed by atoms with Crippen molar-refractivity contribution in [1.82, 2.24) is 5.32 Å². The molecule has 0 saturated heterocycles. The molecule has 2 unspecified atom stereocenters. The lowest BCUT2D eigenvalue weighted by Gasteiger charge is -2.27. The molecule has 0 radical (unpaired) electrons. The molecule has 0 fully saturated rings. The lowest BCUT2D eigenvalue weighted by molar-refractivity contribution is -0.120. The molecule has 0 spiro atoms. The Morgan fingerprint density at radius 3 is 2.10 bits per heavy atom. The van der Waals surface area contributed by atoms with Gasteiger partial charge in [-0.2, -0.15) is 0 Å². The van der Waals surface area contributed by atoms with E-state index in [1.165, 1.54) is 0 Å². The molecule has 0 saturated carbocycles. The highest BCUT2D eigenvalue weighted by atomic mass is 16.7. The molecule has 1 aromatic carbocycles. The Bertz CT molecular complexity index is 391. The molecule has 0 aliphatic heterocycles. The van der Waals surface area contributed by atoms with Gasteiger partial charge in [0, 0.05) is 25.8 Å². The van der Waals surface area contributed by atoms with E-state index in [9.17, 15) is 0 Å². The van der Waals surface area contributed by atoms with E-state index in [4.69, 9.17) is 14.2 Å². The van der Waals surface area contributed by atoms with Gasteiger partial charge in [-0.3, -0.25) is 0 Å². The van der Waals surface area contributed by atoms with Gasteiger partial charge in [-0.05, 0) is 33.8 Å². The molecule has 1 aromatic rings. The fraction of sp³-hybridized carbons (Fsp3) is 0.625. The molecule has 20 heavy (non-hydrogen) atoms. The zero-order chi connectivity index (χ0) is 15.1. The van der Waals surface area contributed by atoms with Crippen molar-refractivity contribution in [2.24, 2.45) is 0 Å². The molecular formula is C16H27NO3. The molecule has 0 heterocycles. The number of para-hydroxylation sites is 1. The minimum Gasteiger partial charge on any atom is -0.491 e. The summed E-state index contributed by atoms with van der Waals surface area (Å²) in [6.07, 6.45) is -0.109. The lowest BCUT2D eigenvalue weighted by atomic mass is 10.1. The summed E-state index contributed by atoms with van der Waals surface area (Å²) in [4.78, 5) is 0. The predicted molar refractivity (Wildman–Crippen MR) is 81.0 cm³/mol. The molecule has 2 atom stereocenters. The Hall–Kier alpha value is -1.10. The molecule has 1 N–H and O–H groups in total. The summed E-state index contributed by atoms with van der Waals surface area (Å²) in [6.45, 7) is 8.22. The quantitative estimate of drug-likeness (QED) is 0.743. The van der Waals surface area contributed by atoms with Gasteiger partial charge < -0.3 is 19.5 Å².